The molecule has 1 aliphatic heterocycles. The summed E-state index contributed by atoms with van der Waals surface area (Å²) in [4.78, 5) is 12.9. The third-order valence-corrected chi connectivity index (χ3v) is 5.74. The van der Waals surface area contributed by atoms with Crippen molar-refractivity contribution in [1.82, 2.24) is 9.97 Å². The molecule has 6 heteroatoms. The van der Waals surface area contributed by atoms with Crippen molar-refractivity contribution in [3.8, 4) is 11.1 Å². The lowest BCUT2D eigenvalue weighted by Crippen LogP contribution is -2.18. The second kappa shape index (κ2) is 7.48. The van der Waals surface area contributed by atoms with E-state index in [2.05, 4.69) is 45.3 Å². The molecule has 0 spiro atoms. The number of rotatable bonds is 3. The number of hydrogen-bond acceptors (Lipinski definition) is 5. The third-order valence-electron chi connectivity index (χ3n) is 4.39. The highest BCUT2D eigenvalue weighted by Gasteiger charge is 2.26. The Morgan fingerprint density at radius 3 is 2.50 bits per heavy atom. The lowest BCUT2D eigenvalue weighted by molar-refractivity contribution is 0.639. The summed E-state index contributed by atoms with van der Waals surface area (Å²) in [5, 5.41) is 1.62. The number of thioether (sulfide) groups is 1. The Morgan fingerprint density at radius 1 is 0.962 bits per heavy atom. The van der Waals surface area contributed by atoms with E-state index in [1.54, 1.807) is 11.8 Å². The van der Waals surface area contributed by atoms with E-state index in [0.29, 0.717) is 5.17 Å². The fourth-order valence-corrected chi connectivity index (χ4v) is 4.28. The van der Waals surface area contributed by atoms with Crippen LogP contribution in [-0.4, -0.2) is 15.1 Å². The number of halogens is 1. The zero-order valence-electron chi connectivity index (χ0n) is 13.9. The van der Waals surface area contributed by atoms with Crippen LogP contribution in [0.1, 0.15) is 28.8 Å². The van der Waals surface area contributed by atoms with Crippen LogP contribution in [0.25, 0.3) is 11.1 Å². The van der Waals surface area contributed by atoms with Gasteiger partial charge >= 0.3 is 0 Å². The van der Waals surface area contributed by atoms with Crippen LogP contribution in [0.5, 0.6) is 0 Å². The molecule has 2 atom stereocenters. The van der Waals surface area contributed by atoms with Crippen LogP contribution in [0.15, 0.2) is 72.2 Å². The number of nitrogens with zero attached hydrogens (tertiary/aromatic N) is 3. The van der Waals surface area contributed by atoms with Crippen molar-refractivity contribution >= 4 is 28.5 Å². The van der Waals surface area contributed by atoms with Crippen molar-refractivity contribution in [1.29, 1.82) is 0 Å². The molecule has 1 aromatic heterocycles. The molecule has 0 bridgehead atoms. The minimum atomic E-state index is 0.0292. The maximum atomic E-state index is 6.14. The normalized spacial score (nSPS) is 19.8. The van der Waals surface area contributed by atoms with E-state index in [-0.39, 0.29) is 11.3 Å². The molecule has 130 valence electrons. The first-order valence-electron chi connectivity index (χ1n) is 8.30. The Labute approximate surface area is 161 Å². The fourth-order valence-electron chi connectivity index (χ4n) is 3.10. The predicted octanol–water partition coefficient (Wildman–Crippen LogP) is 5.03. The lowest BCUT2D eigenvalue weighted by atomic mass is 9.96. The average Bonchev–Trinajstić information content (AvgIpc) is 2.69. The van der Waals surface area contributed by atoms with Gasteiger partial charge in [-0.15, -0.1) is 0 Å². The minimum absolute atomic E-state index is 0.0292. The van der Waals surface area contributed by atoms with E-state index in [1.165, 1.54) is 11.9 Å². The number of nitrogens with two attached hydrogens (primary N) is 1. The van der Waals surface area contributed by atoms with E-state index in [9.17, 15) is 0 Å². The van der Waals surface area contributed by atoms with Gasteiger partial charge in [-0.05, 0) is 41.3 Å². The van der Waals surface area contributed by atoms with E-state index in [1.807, 2.05) is 30.6 Å². The van der Waals surface area contributed by atoms with Crippen LogP contribution in [0.2, 0.25) is 5.02 Å². The summed E-state index contributed by atoms with van der Waals surface area (Å²) < 4.78 is 0. The zero-order valence-corrected chi connectivity index (χ0v) is 15.5. The highest BCUT2D eigenvalue weighted by Crippen LogP contribution is 2.43. The Bertz CT molecular complexity index is 928. The molecule has 26 heavy (non-hydrogen) atoms. The maximum absolute atomic E-state index is 6.14. The van der Waals surface area contributed by atoms with Gasteiger partial charge in [-0.25, -0.2) is 9.97 Å². The van der Waals surface area contributed by atoms with Crippen molar-refractivity contribution < 1.29 is 0 Å². The van der Waals surface area contributed by atoms with E-state index >= 15 is 0 Å². The zero-order chi connectivity index (χ0) is 17.9. The molecule has 0 saturated carbocycles. The van der Waals surface area contributed by atoms with Crippen LogP contribution >= 0.6 is 23.4 Å². The van der Waals surface area contributed by atoms with Gasteiger partial charge in [0.1, 0.15) is 6.33 Å². The molecule has 4 nitrogen and oxygen atoms in total. The number of aromatic nitrogens is 2. The van der Waals surface area contributed by atoms with Gasteiger partial charge < -0.3 is 5.73 Å². The SMILES string of the molecule is NC1=NC(c2cccc(-c3cncnc3)c2)CC(c2ccc(Cl)cc2)S1. The van der Waals surface area contributed by atoms with Gasteiger partial charge in [0.2, 0.25) is 0 Å². The Kier molecular flexibility index (Phi) is 4.91. The van der Waals surface area contributed by atoms with Crippen LogP contribution in [0.4, 0.5) is 0 Å². The Hall–Kier alpha value is -2.37. The number of amidine groups is 1. The summed E-state index contributed by atoms with van der Waals surface area (Å²) in [6.07, 6.45) is 6.06. The summed E-state index contributed by atoms with van der Waals surface area (Å²) in [5.74, 6) is 0. The monoisotopic (exact) mass is 380 g/mol. The molecular formula is C20H17ClN4S. The first-order chi connectivity index (χ1) is 12.7. The summed E-state index contributed by atoms with van der Waals surface area (Å²) in [6, 6.07) is 16.3. The molecule has 3 aromatic rings. The Balaban J connectivity index is 1.63. The smallest absolute Gasteiger partial charge is 0.155 e. The van der Waals surface area contributed by atoms with Crippen molar-refractivity contribution in [2.45, 2.75) is 17.7 Å². The molecule has 1 aliphatic rings. The van der Waals surface area contributed by atoms with E-state index in [4.69, 9.17) is 17.3 Å². The molecular weight excluding hydrogens is 364 g/mol. The quantitative estimate of drug-likeness (QED) is 0.692. The third kappa shape index (κ3) is 3.74. The van der Waals surface area contributed by atoms with Crippen LogP contribution < -0.4 is 5.73 Å². The molecule has 0 radical (unpaired) electrons. The number of benzene rings is 2. The van der Waals surface area contributed by atoms with E-state index in [0.717, 1.165) is 28.1 Å². The first kappa shape index (κ1) is 17.1. The van der Waals surface area contributed by atoms with Gasteiger partial charge in [0.05, 0.1) is 6.04 Å². The van der Waals surface area contributed by atoms with Crippen molar-refractivity contribution in [3.63, 3.8) is 0 Å². The van der Waals surface area contributed by atoms with Crippen molar-refractivity contribution in [3.05, 3.63) is 83.4 Å². The van der Waals surface area contributed by atoms with Gasteiger partial charge in [0.25, 0.3) is 0 Å². The van der Waals surface area contributed by atoms with Gasteiger partial charge in [-0.1, -0.05) is 53.7 Å². The molecule has 0 fully saturated rings. The molecule has 4 rings (SSSR count). The molecule has 0 saturated heterocycles. The topological polar surface area (TPSA) is 64.2 Å². The summed E-state index contributed by atoms with van der Waals surface area (Å²) in [5.41, 5.74) is 10.6. The lowest BCUT2D eigenvalue weighted by Gasteiger charge is -2.26. The number of aliphatic imine (C=N–C) groups is 1. The molecule has 2 heterocycles. The second-order valence-electron chi connectivity index (χ2n) is 6.13. The number of hydrogen-bond donors (Lipinski definition) is 1. The van der Waals surface area contributed by atoms with Crippen LogP contribution in [0.3, 0.4) is 0 Å². The molecule has 2 unspecified atom stereocenters. The molecule has 0 aliphatic carbocycles. The first-order valence-corrected chi connectivity index (χ1v) is 9.55. The standard InChI is InChI=1S/C20H17ClN4S/c21-17-6-4-13(5-7-17)19-9-18(25-20(22)26-19)15-3-1-2-14(8-15)16-10-23-12-24-11-16/h1-8,10-12,18-19H,9H2,(H2,22,25). The van der Waals surface area contributed by atoms with Gasteiger partial charge in [0.15, 0.2) is 5.17 Å². The van der Waals surface area contributed by atoms with Crippen molar-refractivity contribution in [2.75, 3.05) is 0 Å². The van der Waals surface area contributed by atoms with Gasteiger partial charge in [-0.3, -0.25) is 4.99 Å². The minimum Gasteiger partial charge on any atom is -0.379 e. The summed E-state index contributed by atoms with van der Waals surface area (Å²) >= 11 is 7.62. The maximum Gasteiger partial charge on any atom is 0.155 e. The van der Waals surface area contributed by atoms with Crippen molar-refractivity contribution in [2.24, 2.45) is 10.7 Å². The van der Waals surface area contributed by atoms with Crippen LogP contribution in [-0.2, 0) is 0 Å². The van der Waals surface area contributed by atoms with Gasteiger partial charge in [0, 0.05) is 28.2 Å². The highest BCUT2D eigenvalue weighted by atomic mass is 35.5. The second-order valence-corrected chi connectivity index (χ2v) is 7.79. The highest BCUT2D eigenvalue weighted by molar-refractivity contribution is 8.14. The predicted molar refractivity (Wildman–Crippen MR) is 108 cm³/mol. The average molecular weight is 381 g/mol. The Morgan fingerprint density at radius 2 is 1.73 bits per heavy atom. The summed E-state index contributed by atoms with van der Waals surface area (Å²) in [7, 11) is 0. The largest absolute Gasteiger partial charge is 0.379 e. The molecule has 2 aromatic carbocycles. The van der Waals surface area contributed by atoms with Crippen LogP contribution in [0, 0.1) is 0 Å². The van der Waals surface area contributed by atoms with Gasteiger partial charge in [-0.2, -0.15) is 0 Å². The fraction of sp³-hybridized carbons (Fsp3) is 0.150. The summed E-state index contributed by atoms with van der Waals surface area (Å²) in [6.45, 7) is 0. The molecule has 2 N–H and O–H groups in total. The molecule has 0 amide bonds. The van der Waals surface area contributed by atoms with E-state index < -0.39 is 0 Å².